The van der Waals surface area contributed by atoms with E-state index in [2.05, 4.69) is 4.98 Å². The average Bonchev–Trinajstić information content (AvgIpc) is 3.09. The molecule has 0 unspecified atom stereocenters. The van der Waals surface area contributed by atoms with E-state index in [1.54, 1.807) is 48.5 Å². The fraction of sp³-hybridized carbons (Fsp3) is 0.200. The molecule has 0 spiro atoms. The van der Waals surface area contributed by atoms with Gasteiger partial charge in [0.05, 0.1) is 13.0 Å². The van der Waals surface area contributed by atoms with Crippen molar-refractivity contribution in [1.82, 2.24) is 9.88 Å². The number of ether oxygens (including phenoxy) is 1. The quantitative estimate of drug-likeness (QED) is 0.429. The number of hydrogen-bond acceptors (Lipinski definition) is 5. The van der Waals surface area contributed by atoms with Crippen LogP contribution < -0.4 is 0 Å². The number of rotatable bonds is 7. The predicted octanol–water partition coefficient (Wildman–Crippen LogP) is 3.89. The Bertz CT molecular complexity index is 1140. The zero-order valence-electron chi connectivity index (χ0n) is 17.2. The number of fused-ring (bicyclic) bond motifs is 3. The van der Waals surface area contributed by atoms with Crippen LogP contribution in [-0.2, 0) is 16.1 Å². The third-order valence-electron chi connectivity index (χ3n) is 5.25. The van der Waals surface area contributed by atoms with E-state index in [9.17, 15) is 14.4 Å². The van der Waals surface area contributed by atoms with Gasteiger partial charge in [-0.1, -0.05) is 36.4 Å². The molecule has 156 valence electrons. The first kappa shape index (κ1) is 20.5. The summed E-state index contributed by atoms with van der Waals surface area (Å²) in [6.45, 7) is 2.55. The van der Waals surface area contributed by atoms with Gasteiger partial charge in [-0.25, -0.2) is 0 Å². The van der Waals surface area contributed by atoms with Gasteiger partial charge in [-0.2, -0.15) is 0 Å². The second-order valence-corrected chi connectivity index (χ2v) is 7.28. The van der Waals surface area contributed by atoms with Gasteiger partial charge >= 0.3 is 5.97 Å². The Labute approximate surface area is 180 Å². The average molecular weight is 414 g/mol. The summed E-state index contributed by atoms with van der Waals surface area (Å²) in [6, 6.07) is 16.3. The molecule has 0 aliphatic heterocycles. The van der Waals surface area contributed by atoms with Crippen molar-refractivity contribution in [2.24, 2.45) is 0 Å². The third-order valence-corrected chi connectivity index (χ3v) is 5.25. The van der Waals surface area contributed by atoms with Crippen molar-refractivity contribution in [3.8, 4) is 11.1 Å². The lowest BCUT2D eigenvalue weighted by Gasteiger charge is -2.23. The van der Waals surface area contributed by atoms with Crippen molar-refractivity contribution in [1.29, 1.82) is 0 Å². The van der Waals surface area contributed by atoms with Crippen molar-refractivity contribution in [3.63, 3.8) is 0 Å². The largest absolute Gasteiger partial charge is 0.466 e. The fourth-order valence-corrected chi connectivity index (χ4v) is 3.77. The van der Waals surface area contributed by atoms with E-state index >= 15 is 0 Å². The number of pyridine rings is 1. The van der Waals surface area contributed by atoms with Gasteiger partial charge in [0.25, 0.3) is 5.91 Å². The Morgan fingerprint density at radius 3 is 2.48 bits per heavy atom. The van der Waals surface area contributed by atoms with E-state index in [-0.39, 0.29) is 30.6 Å². The summed E-state index contributed by atoms with van der Waals surface area (Å²) in [6.07, 6.45) is 3.45. The second kappa shape index (κ2) is 8.92. The standard InChI is InChI=1S/C25H22N2O4/c1-2-31-23(28)11-13-27(16-17-6-5-12-26-15-17)25(30)18-9-10-20-19-7-3-4-8-21(19)24(29)22(20)14-18/h3-10,12,14-15H,2,11,13,16H2,1H3. The molecule has 0 radical (unpaired) electrons. The van der Waals surface area contributed by atoms with Crippen LogP contribution in [0.3, 0.4) is 0 Å². The molecule has 31 heavy (non-hydrogen) atoms. The van der Waals surface area contributed by atoms with Gasteiger partial charge in [-0.15, -0.1) is 0 Å². The van der Waals surface area contributed by atoms with E-state index in [0.29, 0.717) is 29.8 Å². The molecular formula is C25H22N2O4. The number of esters is 1. The Morgan fingerprint density at radius 1 is 0.968 bits per heavy atom. The van der Waals surface area contributed by atoms with Crippen molar-refractivity contribution >= 4 is 17.7 Å². The first-order chi connectivity index (χ1) is 15.1. The van der Waals surface area contributed by atoms with Crippen LogP contribution in [0.25, 0.3) is 11.1 Å². The summed E-state index contributed by atoms with van der Waals surface area (Å²) in [5.74, 6) is -0.684. The minimum Gasteiger partial charge on any atom is -0.466 e. The molecule has 0 fully saturated rings. The maximum Gasteiger partial charge on any atom is 0.307 e. The number of aromatic nitrogens is 1. The lowest BCUT2D eigenvalue weighted by atomic mass is 10.0. The number of carbonyl (C=O) groups is 3. The SMILES string of the molecule is CCOC(=O)CCN(Cc1cccnc1)C(=O)c1ccc2c(c1)C(=O)c1ccccc1-2. The number of nitrogens with zero attached hydrogens (tertiary/aromatic N) is 2. The molecule has 0 saturated carbocycles. The van der Waals surface area contributed by atoms with Gasteiger partial charge in [0.1, 0.15) is 0 Å². The highest BCUT2D eigenvalue weighted by Gasteiger charge is 2.28. The molecule has 0 atom stereocenters. The van der Waals surface area contributed by atoms with E-state index < -0.39 is 0 Å². The Hall–Kier alpha value is -3.80. The maximum atomic E-state index is 13.3. The molecule has 1 amide bonds. The van der Waals surface area contributed by atoms with Crippen LogP contribution in [0.2, 0.25) is 0 Å². The second-order valence-electron chi connectivity index (χ2n) is 7.28. The van der Waals surface area contributed by atoms with Crippen LogP contribution in [0.4, 0.5) is 0 Å². The zero-order valence-corrected chi connectivity index (χ0v) is 17.2. The smallest absolute Gasteiger partial charge is 0.307 e. The summed E-state index contributed by atoms with van der Waals surface area (Å²) < 4.78 is 5.00. The Kier molecular flexibility index (Phi) is 5.89. The highest BCUT2D eigenvalue weighted by molar-refractivity contribution is 6.22. The van der Waals surface area contributed by atoms with Crippen LogP contribution >= 0.6 is 0 Å². The van der Waals surface area contributed by atoms with E-state index in [0.717, 1.165) is 16.7 Å². The predicted molar refractivity (Wildman–Crippen MR) is 116 cm³/mol. The molecule has 2 aromatic carbocycles. The number of hydrogen-bond donors (Lipinski definition) is 0. The highest BCUT2D eigenvalue weighted by Crippen LogP contribution is 2.36. The summed E-state index contributed by atoms with van der Waals surface area (Å²) >= 11 is 0. The summed E-state index contributed by atoms with van der Waals surface area (Å²) in [7, 11) is 0. The van der Waals surface area contributed by atoms with Crippen molar-refractivity contribution in [3.05, 3.63) is 89.2 Å². The lowest BCUT2D eigenvalue weighted by Crippen LogP contribution is -2.33. The van der Waals surface area contributed by atoms with Crippen LogP contribution in [0.15, 0.2) is 67.0 Å². The van der Waals surface area contributed by atoms with Crippen molar-refractivity contribution in [2.75, 3.05) is 13.2 Å². The minimum absolute atomic E-state index is 0.0782. The molecule has 1 heterocycles. The van der Waals surface area contributed by atoms with E-state index in [1.807, 2.05) is 30.3 Å². The number of carbonyl (C=O) groups excluding carboxylic acids is 3. The fourth-order valence-electron chi connectivity index (χ4n) is 3.77. The molecule has 0 bridgehead atoms. The van der Waals surface area contributed by atoms with Gasteiger partial charge in [0.2, 0.25) is 0 Å². The van der Waals surface area contributed by atoms with E-state index in [4.69, 9.17) is 4.74 Å². The molecular weight excluding hydrogens is 392 g/mol. The van der Waals surface area contributed by atoms with Crippen LogP contribution in [-0.4, -0.2) is 40.7 Å². The number of benzene rings is 2. The molecule has 3 aromatic rings. The van der Waals surface area contributed by atoms with Gasteiger partial charge in [-0.3, -0.25) is 19.4 Å². The molecule has 6 nitrogen and oxygen atoms in total. The summed E-state index contributed by atoms with van der Waals surface area (Å²) in [4.78, 5) is 43.7. The van der Waals surface area contributed by atoms with Crippen molar-refractivity contribution in [2.45, 2.75) is 19.9 Å². The Morgan fingerprint density at radius 2 is 1.74 bits per heavy atom. The molecule has 6 heteroatoms. The van der Waals surface area contributed by atoms with Gasteiger partial charge in [0, 0.05) is 42.2 Å². The summed E-state index contributed by atoms with van der Waals surface area (Å²) in [5.41, 5.74) is 4.16. The molecule has 4 rings (SSSR count). The first-order valence-electron chi connectivity index (χ1n) is 10.2. The van der Waals surface area contributed by atoms with Gasteiger partial charge < -0.3 is 9.64 Å². The van der Waals surface area contributed by atoms with E-state index in [1.165, 1.54) is 0 Å². The topological polar surface area (TPSA) is 76.6 Å². The normalized spacial score (nSPS) is 11.6. The lowest BCUT2D eigenvalue weighted by molar-refractivity contribution is -0.143. The van der Waals surface area contributed by atoms with Crippen molar-refractivity contribution < 1.29 is 19.1 Å². The molecule has 1 aromatic heterocycles. The number of amides is 1. The third kappa shape index (κ3) is 4.23. The Balaban J connectivity index is 1.60. The first-order valence-corrected chi connectivity index (χ1v) is 10.2. The van der Waals surface area contributed by atoms with Crippen LogP contribution in [0.5, 0.6) is 0 Å². The minimum atomic E-state index is -0.355. The summed E-state index contributed by atoms with van der Waals surface area (Å²) in [5, 5.41) is 0. The van der Waals surface area contributed by atoms with Crippen LogP contribution in [0, 0.1) is 0 Å². The molecule has 1 aliphatic rings. The monoisotopic (exact) mass is 414 g/mol. The molecule has 0 N–H and O–H groups in total. The van der Waals surface area contributed by atoms with Crippen LogP contribution in [0.1, 0.15) is 45.2 Å². The van der Waals surface area contributed by atoms with Gasteiger partial charge in [-0.05, 0) is 41.8 Å². The number of ketones is 1. The molecule has 1 aliphatic carbocycles. The van der Waals surface area contributed by atoms with Gasteiger partial charge in [0.15, 0.2) is 5.78 Å². The molecule has 0 saturated heterocycles. The maximum absolute atomic E-state index is 13.3. The zero-order chi connectivity index (χ0) is 21.8. The highest BCUT2D eigenvalue weighted by atomic mass is 16.5.